The number of halogens is 4. The molecule has 0 aliphatic rings. The molecule has 3 aromatic rings. The van der Waals surface area contributed by atoms with Gasteiger partial charge >= 0.3 is 6.18 Å². The van der Waals surface area contributed by atoms with Crippen LogP contribution in [0.1, 0.15) is 54.1 Å². The Balaban J connectivity index is 1.90. The first-order chi connectivity index (χ1) is 14.8. The highest BCUT2D eigenvalue weighted by Gasteiger charge is 2.40. The van der Waals surface area contributed by atoms with Crippen molar-refractivity contribution in [1.29, 1.82) is 0 Å². The number of carbonyl (C=O) groups excluding carboxylic acids is 1. The van der Waals surface area contributed by atoms with Crippen LogP contribution in [0.2, 0.25) is 0 Å². The first-order valence-corrected chi connectivity index (χ1v) is 9.33. The number of carbonyl (C=O) groups is 1. The molecule has 12 heteroatoms. The highest BCUT2D eigenvalue weighted by molar-refractivity contribution is 5.95. The van der Waals surface area contributed by atoms with E-state index >= 15 is 0 Å². The molecular formula is C20H19F4N5O3. The number of alkyl halides is 3. The Morgan fingerprint density at radius 3 is 2.47 bits per heavy atom. The largest absolute Gasteiger partial charge is 0.618 e. The van der Waals surface area contributed by atoms with Crippen molar-refractivity contribution in [3.05, 3.63) is 76.4 Å². The molecule has 32 heavy (non-hydrogen) atoms. The minimum absolute atomic E-state index is 0.000340. The normalized spacial score (nSPS) is 13.1. The lowest BCUT2D eigenvalue weighted by Gasteiger charge is -2.18. The molecule has 0 aliphatic carbocycles. The Kier molecular flexibility index (Phi) is 5.92. The van der Waals surface area contributed by atoms with Gasteiger partial charge in [-0.1, -0.05) is 0 Å². The number of amides is 1. The van der Waals surface area contributed by atoms with Crippen molar-refractivity contribution < 1.29 is 32.2 Å². The van der Waals surface area contributed by atoms with Crippen molar-refractivity contribution in [2.75, 3.05) is 0 Å². The quantitative estimate of drug-likeness (QED) is 0.351. The van der Waals surface area contributed by atoms with Gasteiger partial charge < -0.3 is 15.6 Å². The molecule has 0 spiro atoms. The molecule has 1 amide bonds. The van der Waals surface area contributed by atoms with Crippen molar-refractivity contribution in [2.45, 2.75) is 38.6 Å². The lowest BCUT2D eigenvalue weighted by Crippen LogP contribution is -2.38. The van der Waals surface area contributed by atoms with Crippen molar-refractivity contribution in [3.8, 4) is 5.82 Å². The van der Waals surface area contributed by atoms with E-state index in [-0.39, 0.29) is 27.4 Å². The van der Waals surface area contributed by atoms with E-state index in [1.165, 1.54) is 37.7 Å². The van der Waals surface area contributed by atoms with Crippen LogP contribution in [-0.4, -0.2) is 25.8 Å². The van der Waals surface area contributed by atoms with E-state index in [0.717, 1.165) is 24.5 Å². The first kappa shape index (κ1) is 23.1. The van der Waals surface area contributed by atoms with Crippen molar-refractivity contribution >= 4 is 5.91 Å². The van der Waals surface area contributed by atoms with Gasteiger partial charge in [-0.05, 0) is 39.0 Å². The van der Waals surface area contributed by atoms with Crippen LogP contribution in [0.3, 0.4) is 0 Å². The fourth-order valence-corrected chi connectivity index (χ4v) is 2.94. The van der Waals surface area contributed by atoms with E-state index in [1.54, 1.807) is 0 Å². The van der Waals surface area contributed by atoms with Gasteiger partial charge in [0.25, 0.3) is 11.6 Å². The molecule has 3 heterocycles. The first-order valence-electron chi connectivity index (χ1n) is 9.33. The molecule has 2 N–H and O–H groups in total. The average molecular weight is 453 g/mol. The van der Waals surface area contributed by atoms with Gasteiger partial charge in [0.15, 0.2) is 12.0 Å². The number of pyridine rings is 2. The summed E-state index contributed by atoms with van der Waals surface area (Å²) in [6.45, 7) is 4.30. The molecular weight excluding hydrogens is 434 g/mol. The summed E-state index contributed by atoms with van der Waals surface area (Å²) in [5.74, 6) is -1.07. The summed E-state index contributed by atoms with van der Waals surface area (Å²) in [5, 5.41) is 28.9. The monoisotopic (exact) mass is 453 g/mol. The maximum Gasteiger partial charge on any atom is 0.478 e. The summed E-state index contributed by atoms with van der Waals surface area (Å²) in [6.07, 6.45) is -1.82. The van der Waals surface area contributed by atoms with Gasteiger partial charge in [0, 0.05) is 17.8 Å². The number of rotatable bonds is 5. The maximum absolute atomic E-state index is 13.1. The summed E-state index contributed by atoms with van der Waals surface area (Å²) in [4.78, 5) is 16.8. The average Bonchev–Trinajstić information content (AvgIpc) is 3.13. The zero-order valence-corrected chi connectivity index (χ0v) is 17.2. The van der Waals surface area contributed by atoms with Crippen LogP contribution < -0.4 is 10.0 Å². The molecule has 8 nitrogen and oxygen atoms in total. The fourth-order valence-electron chi connectivity index (χ4n) is 2.94. The summed E-state index contributed by atoms with van der Waals surface area (Å²) in [7, 11) is 0. The van der Waals surface area contributed by atoms with E-state index in [0.29, 0.717) is 6.07 Å². The third kappa shape index (κ3) is 4.85. The molecule has 170 valence electrons. The van der Waals surface area contributed by atoms with Gasteiger partial charge in [0.1, 0.15) is 17.1 Å². The Bertz CT molecular complexity index is 1140. The minimum atomic E-state index is -4.81. The predicted molar refractivity (Wildman–Crippen MR) is 103 cm³/mol. The Morgan fingerprint density at radius 1 is 1.25 bits per heavy atom. The van der Waals surface area contributed by atoms with Gasteiger partial charge in [-0.15, -0.1) is 0 Å². The van der Waals surface area contributed by atoms with Crippen LogP contribution in [0.5, 0.6) is 0 Å². The van der Waals surface area contributed by atoms with E-state index in [4.69, 9.17) is 0 Å². The van der Waals surface area contributed by atoms with Gasteiger partial charge in [-0.25, -0.2) is 14.1 Å². The molecule has 0 unspecified atom stereocenters. The topological polar surface area (TPSA) is 107 Å². The van der Waals surface area contributed by atoms with Gasteiger partial charge in [0.2, 0.25) is 0 Å². The third-order valence-electron chi connectivity index (χ3n) is 4.56. The maximum atomic E-state index is 13.1. The van der Waals surface area contributed by atoms with E-state index in [1.807, 2.05) is 0 Å². The Labute approximate surface area is 179 Å². The number of hydrogen-bond acceptors (Lipinski definition) is 5. The van der Waals surface area contributed by atoms with Crippen LogP contribution in [0.4, 0.5) is 17.6 Å². The SMILES string of the molecule is C[C@@H](NC(=O)c1cn(-c2ccc(F)cn2)nc1C(C)(C)O)c1ccc(C(F)(F)F)[n+]([O-])c1. The lowest BCUT2D eigenvalue weighted by molar-refractivity contribution is -0.629. The van der Waals surface area contributed by atoms with Crippen LogP contribution in [0, 0.1) is 11.0 Å². The molecule has 0 aliphatic heterocycles. The van der Waals surface area contributed by atoms with Gasteiger partial charge in [0.05, 0.1) is 17.8 Å². The van der Waals surface area contributed by atoms with E-state index < -0.39 is 35.2 Å². The zero-order chi connectivity index (χ0) is 23.8. The molecule has 0 saturated carbocycles. The molecule has 0 saturated heterocycles. The molecule has 0 aromatic carbocycles. The van der Waals surface area contributed by atoms with Gasteiger partial charge in [-0.2, -0.15) is 23.0 Å². The van der Waals surface area contributed by atoms with Crippen molar-refractivity contribution in [1.82, 2.24) is 20.1 Å². The highest BCUT2D eigenvalue weighted by atomic mass is 19.4. The molecule has 1 atom stereocenters. The smallest absolute Gasteiger partial charge is 0.478 e. The number of hydrogen-bond donors (Lipinski definition) is 2. The summed E-state index contributed by atoms with van der Waals surface area (Å²) < 4.78 is 52.4. The van der Waals surface area contributed by atoms with Crippen LogP contribution in [0.25, 0.3) is 5.82 Å². The third-order valence-corrected chi connectivity index (χ3v) is 4.56. The Morgan fingerprint density at radius 2 is 1.94 bits per heavy atom. The predicted octanol–water partition coefficient (Wildman–Crippen LogP) is 2.78. The van der Waals surface area contributed by atoms with Crippen LogP contribution in [0.15, 0.2) is 42.9 Å². The zero-order valence-electron chi connectivity index (χ0n) is 17.2. The highest BCUT2D eigenvalue weighted by Crippen LogP contribution is 2.27. The summed E-state index contributed by atoms with van der Waals surface area (Å²) in [6, 6.07) is 3.36. The summed E-state index contributed by atoms with van der Waals surface area (Å²) in [5.41, 5.74) is -2.80. The van der Waals surface area contributed by atoms with E-state index in [2.05, 4.69) is 15.4 Å². The number of nitrogens with zero attached hydrogens (tertiary/aromatic N) is 4. The number of aliphatic hydroxyl groups is 1. The second-order valence-electron chi connectivity index (χ2n) is 7.60. The molecule has 3 aromatic heterocycles. The van der Waals surface area contributed by atoms with Crippen molar-refractivity contribution in [3.63, 3.8) is 0 Å². The lowest BCUT2D eigenvalue weighted by atomic mass is 10.0. The molecule has 0 radical (unpaired) electrons. The standard InChI is InChI=1S/C20H19F4N5O3/c1-11(12-4-6-15(20(22,23)24)29(32)9-12)26-18(30)14-10-28(27-17(14)19(2,3)31)16-7-5-13(21)8-25-16/h4-11,31H,1-3H3,(H,26,30)/t11-/m1/s1. The van der Waals surface area contributed by atoms with E-state index in [9.17, 15) is 32.7 Å². The van der Waals surface area contributed by atoms with Crippen LogP contribution >= 0.6 is 0 Å². The molecule has 0 fully saturated rings. The Hall–Kier alpha value is -3.54. The van der Waals surface area contributed by atoms with Crippen LogP contribution in [-0.2, 0) is 11.8 Å². The molecule has 0 bridgehead atoms. The second-order valence-corrected chi connectivity index (χ2v) is 7.60. The second kappa shape index (κ2) is 8.19. The summed E-state index contributed by atoms with van der Waals surface area (Å²) >= 11 is 0. The van der Waals surface area contributed by atoms with Crippen molar-refractivity contribution in [2.24, 2.45) is 0 Å². The number of nitrogens with one attached hydrogen (secondary N) is 1. The minimum Gasteiger partial charge on any atom is -0.618 e. The fraction of sp³-hybridized carbons (Fsp3) is 0.300. The molecule has 3 rings (SSSR count). The van der Waals surface area contributed by atoms with Gasteiger partial charge in [-0.3, -0.25) is 4.79 Å². The number of aromatic nitrogens is 4.